The van der Waals surface area contributed by atoms with E-state index < -0.39 is 28.9 Å². The number of ketones is 1. The topological polar surface area (TPSA) is 119 Å². The van der Waals surface area contributed by atoms with Gasteiger partial charge in [0.05, 0.1) is 11.8 Å². The van der Waals surface area contributed by atoms with Gasteiger partial charge in [0.2, 0.25) is 0 Å². The van der Waals surface area contributed by atoms with Crippen LogP contribution >= 0.6 is 11.6 Å². The van der Waals surface area contributed by atoms with Crippen molar-refractivity contribution >= 4 is 35.3 Å². The molecule has 9 heteroatoms. The quantitative estimate of drug-likeness (QED) is 0.213. The molecule has 1 unspecified atom stereocenters. The molecule has 0 heterocycles. The molecule has 55 heavy (non-hydrogen) atoms. The third-order valence-corrected chi connectivity index (χ3v) is 16.6. The lowest BCUT2D eigenvalue weighted by Gasteiger charge is -2.72. The number of aliphatic carboxylic acids is 1. The maximum absolute atomic E-state index is 14.3. The van der Waals surface area contributed by atoms with Gasteiger partial charge < -0.3 is 19.9 Å². The van der Waals surface area contributed by atoms with Crippen LogP contribution in [0.2, 0.25) is 5.02 Å². The summed E-state index contributed by atoms with van der Waals surface area (Å²) in [6.07, 6.45) is 7.14. The Balaban J connectivity index is 1.30. The number of carboxylic acids is 1. The Labute approximate surface area is 334 Å². The molecule has 8 nitrogen and oxygen atoms in total. The zero-order valence-corrected chi connectivity index (χ0v) is 35.8. The second kappa shape index (κ2) is 14.6. The van der Waals surface area contributed by atoms with Gasteiger partial charge >= 0.3 is 17.9 Å². The smallest absolute Gasteiger partial charge is 0.309 e. The molecule has 0 radical (unpaired) electrons. The monoisotopic (exact) mass is 779 g/mol. The Morgan fingerprint density at radius 3 is 2.22 bits per heavy atom. The highest BCUT2D eigenvalue weighted by Crippen LogP contribution is 2.77. The number of Topliss-reactive ketones (excluding diaryl/α,β-unsaturated/α-hetero) is 1. The van der Waals surface area contributed by atoms with E-state index in [9.17, 15) is 24.3 Å². The predicted molar refractivity (Wildman–Crippen MR) is 214 cm³/mol. The lowest BCUT2D eigenvalue weighted by molar-refractivity contribution is -0.235. The van der Waals surface area contributed by atoms with Crippen LogP contribution in [0.15, 0.2) is 35.4 Å². The van der Waals surface area contributed by atoms with Gasteiger partial charge in [0.25, 0.3) is 0 Å². The largest absolute Gasteiger partial charge is 0.481 e. The van der Waals surface area contributed by atoms with E-state index in [2.05, 4.69) is 53.8 Å². The maximum atomic E-state index is 14.3. The molecule has 5 aliphatic carbocycles. The first kappa shape index (κ1) is 41.9. The minimum atomic E-state index is -1.18. The van der Waals surface area contributed by atoms with E-state index in [0.29, 0.717) is 36.4 Å². The number of allylic oxidation sites excluding steroid dienone is 1. The number of rotatable bonds is 11. The van der Waals surface area contributed by atoms with Crippen LogP contribution in [0, 0.1) is 56.2 Å². The van der Waals surface area contributed by atoms with Gasteiger partial charge in [0, 0.05) is 42.3 Å². The highest BCUT2D eigenvalue weighted by Gasteiger charge is 2.71. The van der Waals surface area contributed by atoms with Crippen LogP contribution in [0.4, 0.5) is 0 Å². The number of carbonyl (C=O) groups is 4. The molecule has 2 N–H and O–H groups in total. The summed E-state index contributed by atoms with van der Waals surface area (Å²) in [7, 11) is 0. The molecule has 0 spiro atoms. The number of esters is 2. The van der Waals surface area contributed by atoms with Crippen LogP contribution in [0.1, 0.15) is 139 Å². The molecule has 5 aliphatic rings. The van der Waals surface area contributed by atoms with E-state index in [1.807, 2.05) is 24.3 Å². The molecule has 0 aliphatic heterocycles. The van der Waals surface area contributed by atoms with Crippen LogP contribution in [0.25, 0.3) is 0 Å². The molecule has 0 aromatic heterocycles. The fraction of sp³-hybridized carbons (Fsp3) is 0.739. The van der Waals surface area contributed by atoms with E-state index >= 15 is 0 Å². The molecule has 9 atom stereocenters. The number of carbonyl (C=O) groups excluding carboxylic acids is 3. The van der Waals surface area contributed by atoms with E-state index in [4.69, 9.17) is 21.1 Å². The van der Waals surface area contributed by atoms with Crippen molar-refractivity contribution in [1.29, 1.82) is 0 Å². The zero-order chi connectivity index (χ0) is 40.5. The molecule has 0 saturated heterocycles. The van der Waals surface area contributed by atoms with Crippen LogP contribution in [-0.2, 0) is 35.2 Å². The second-order valence-electron chi connectivity index (χ2n) is 20.4. The fourth-order valence-corrected chi connectivity index (χ4v) is 13.5. The number of nitrogens with one attached hydrogen (secondary N) is 1. The third kappa shape index (κ3) is 6.91. The summed E-state index contributed by atoms with van der Waals surface area (Å²) in [5.41, 5.74) is 1.37. The number of ether oxygens (including phenoxy) is 2. The average molecular weight is 780 g/mol. The molecule has 4 saturated carbocycles. The van der Waals surface area contributed by atoms with Crippen molar-refractivity contribution in [3.05, 3.63) is 46.0 Å². The van der Waals surface area contributed by atoms with Crippen molar-refractivity contribution in [2.24, 2.45) is 56.2 Å². The van der Waals surface area contributed by atoms with Gasteiger partial charge in [-0.05, 0) is 134 Å². The molecular weight excluding hydrogens is 714 g/mol. The normalized spacial score (nSPS) is 36.0. The van der Waals surface area contributed by atoms with E-state index in [-0.39, 0.29) is 57.8 Å². The Morgan fingerprint density at radius 1 is 0.927 bits per heavy atom. The number of carboxylic acid groups (broad SMARTS) is 1. The summed E-state index contributed by atoms with van der Waals surface area (Å²) >= 11 is 6.14. The Kier molecular flexibility index (Phi) is 11.1. The van der Waals surface area contributed by atoms with Crippen molar-refractivity contribution in [1.82, 2.24) is 5.32 Å². The molecular formula is C46H66ClNO7. The Hall–Kier alpha value is -2.71. The maximum Gasteiger partial charge on any atom is 0.309 e. The number of fused-ring (bicyclic) bond motifs is 7. The van der Waals surface area contributed by atoms with Gasteiger partial charge in [-0.1, -0.05) is 72.2 Å². The summed E-state index contributed by atoms with van der Waals surface area (Å²) < 4.78 is 12.5. The van der Waals surface area contributed by atoms with Crippen molar-refractivity contribution in [3.63, 3.8) is 0 Å². The first-order chi connectivity index (χ1) is 25.5. The van der Waals surface area contributed by atoms with Crippen molar-refractivity contribution in [2.75, 3.05) is 6.54 Å². The molecule has 1 aromatic carbocycles. The van der Waals surface area contributed by atoms with Gasteiger partial charge in [-0.2, -0.15) is 0 Å². The van der Waals surface area contributed by atoms with Gasteiger partial charge in [0.1, 0.15) is 12.2 Å². The van der Waals surface area contributed by atoms with Gasteiger partial charge in [0.15, 0.2) is 5.78 Å². The van der Waals surface area contributed by atoms with Crippen LogP contribution in [0.3, 0.4) is 0 Å². The van der Waals surface area contributed by atoms with Crippen LogP contribution < -0.4 is 5.32 Å². The highest BCUT2D eigenvalue weighted by molar-refractivity contribution is 6.30. The standard InChI is InChI=1S/C46H66ClNO7/c1-27(2)38-32(50)23-46(36(54-28(3)49)26-48-25-29-11-13-30(47)14-12-29)22-21-44(9)31(39(38)46)15-16-34-43(8)19-18-35(55-37(51)24-41(4,5)40(52)53)42(6,7)33(43)17-20-45(34,44)10/h11-14,27,31,33-36,48H,15-26H2,1-10H3,(H,52,53)/t31-,33+,34-,35+,36?,43+,44-,45-,46+/m1/s1. The number of benzene rings is 1. The van der Waals surface area contributed by atoms with E-state index in [1.165, 1.54) is 12.5 Å². The second-order valence-corrected chi connectivity index (χ2v) is 20.8. The number of halogens is 1. The fourth-order valence-electron chi connectivity index (χ4n) is 13.4. The molecule has 6 rings (SSSR count). The number of hydrogen-bond donors (Lipinski definition) is 2. The van der Waals surface area contributed by atoms with Gasteiger partial charge in [-0.3, -0.25) is 19.2 Å². The van der Waals surface area contributed by atoms with Gasteiger partial charge in [-0.25, -0.2) is 0 Å². The van der Waals surface area contributed by atoms with Crippen molar-refractivity contribution < 1.29 is 33.8 Å². The average Bonchev–Trinajstić information content (AvgIpc) is 3.39. The highest BCUT2D eigenvalue weighted by atomic mass is 35.5. The summed E-state index contributed by atoms with van der Waals surface area (Å²) in [5.74, 6) is -0.439. The van der Waals surface area contributed by atoms with Crippen molar-refractivity contribution in [3.8, 4) is 0 Å². The number of hydrogen-bond acceptors (Lipinski definition) is 7. The molecule has 4 fully saturated rings. The lowest BCUT2D eigenvalue weighted by Crippen LogP contribution is -2.66. The van der Waals surface area contributed by atoms with Crippen LogP contribution in [-0.4, -0.2) is 47.6 Å². The SMILES string of the molecule is CC(=O)OC(CNCc1ccc(Cl)cc1)[C@@]12CC[C@]3(C)[C@H](CC[C@@H]4[C@@]5(C)CC[C@H](OC(=O)CC(C)(C)C(=O)O)C(C)(C)[C@@H]5CC[C@]43C)C1=C(C(C)C)C(=O)C2. The van der Waals surface area contributed by atoms with Crippen LogP contribution in [0.5, 0.6) is 0 Å². The van der Waals surface area contributed by atoms with E-state index in [0.717, 1.165) is 62.5 Å². The molecule has 304 valence electrons. The third-order valence-electron chi connectivity index (χ3n) is 16.4. The Morgan fingerprint density at radius 2 is 1.60 bits per heavy atom. The minimum Gasteiger partial charge on any atom is -0.481 e. The van der Waals surface area contributed by atoms with Gasteiger partial charge in [-0.15, -0.1) is 0 Å². The van der Waals surface area contributed by atoms with E-state index in [1.54, 1.807) is 13.8 Å². The first-order valence-electron chi connectivity index (χ1n) is 20.9. The Bertz CT molecular complexity index is 1730. The molecule has 0 amide bonds. The molecule has 1 aromatic rings. The summed E-state index contributed by atoms with van der Waals surface area (Å²) in [6, 6.07) is 7.76. The minimum absolute atomic E-state index is 0.0168. The molecule has 0 bridgehead atoms. The first-order valence-corrected chi connectivity index (χ1v) is 21.2. The lowest BCUT2D eigenvalue weighted by atomic mass is 9.33. The zero-order valence-electron chi connectivity index (χ0n) is 35.0. The summed E-state index contributed by atoms with van der Waals surface area (Å²) in [6.45, 7) is 22.1. The summed E-state index contributed by atoms with van der Waals surface area (Å²) in [4.78, 5) is 52.0. The predicted octanol–water partition coefficient (Wildman–Crippen LogP) is 9.75. The summed E-state index contributed by atoms with van der Waals surface area (Å²) in [5, 5.41) is 13.9. The van der Waals surface area contributed by atoms with Crippen molar-refractivity contribution in [2.45, 2.75) is 152 Å².